The van der Waals surface area contributed by atoms with Gasteiger partial charge in [0.1, 0.15) is 0 Å². The van der Waals surface area contributed by atoms with Gasteiger partial charge in [0.25, 0.3) is 5.91 Å². The number of pyridine rings is 1. The normalized spacial score (nSPS) is 12.9. The van der Waals surface area contributed by atoms with Crippen molar-refractivity contribution in [2.45, 2.75) is 26.1 Å². The maximum Gasteiger partial charge on any atom is 0.417 e. The molecule has 0 aliphatic heterocycles. The van der Waals surface area contributed by atoms with Gasteiger partial charge in [0.05, 0.1) is 11.8 Å². The molecule has 0 fully saturated rings. The molecule has 2 N–H and O–H groups in total. The Morgan fingerprint density at radius 3 is 2.71 bits per heavy atom. The fourth-order valence-electron chi connectivity index (χ4n) is 1.93. The summed E-state index contributed by atoms with van der Waals surface area (Å²) < 4.78 is 38.7. The second-order valence-electron chi connectivity index (χ2n) is 5.12. The lowest BCUT2D eigenvalue weighted by Crippen LogP contribution is -2.38. The van der Waals surface area contributed by atoms with Crippen LogP contribution in [0.15, 0.2) is 24.5 Å². The number of carbonyl (C=O) groups is 1. The molecule has 0 radical (unpaired) electrons. The summed E-state index contributed by atoms with van der Waals surface area (Å²) in [5.74, 6) is -0.284. The first kappa shape index (κ1) is 17.9. The largest absolute Gasteiger partial charge is 0.417 e. The van der Waals surface area contributed by atoms with Gasteiger partial charge in [-0.2, -0.15) is 13.2 Å². The first-order valence-corrected chi connectivity index (χ1v) is 7.28. The molecule has 0 unspecified atom stereocenters. The van der Waals surface area contributed by atoms with Crippen LogP contribution < -0.4 is 10.6 Å². The third-order valence-electron chi connectivity index (χ3n) is 3.16. The Morgan fingerprint density at radius 1 is 1.38 bits per heavy atom. The highest BCUT2D eigenvalue weighted by molar-refractivity contribution is 5.91. The maximum absolute atomic E-state index is 12.5. The van der Waals surface area contributed by atoms with Gasteiger partial charge in [-0.05, 0) is 25.6 Å². The van der Waals surface area contributed by atoms with E-state index in [9.17, 15) is 18.0 Å². The zero-order valence-electron chi connectivity index (χ0n) is 13.1. The summed E-state index contributed by atoms with van der Waals surface area (Å²) >= 11 is 0. The predicted molar refractivity (Wildman–Crippen MR) is 79.6 cm³/mol. The molecule has 130 valence electrons. The molecule has 0 saturated carbocycles. The number of aromatic nitrogens is 4. The average molecular weight is 342 g/mol. The van der Waals surface area contributed by atoms with Crippen LogP contribution in [0.1, 0.15) is 29.9 Å². The Balaban J connectivity index is 2.03. The van der Waals surface area contributed by atoms with Crippen LogP contribution in [0.3, 0.4) is 0 Å². The third kappa shape index (κ3) is 4.51. The van der Waals surface area contributed by atoms with Gasteiger partial charge < -0.3 is 10.6 Å². The molecule has 7 nitrogen and oxygen atoms in total. The average Bonchev–Trinajstić information content (AvgIpc) is 3.02. The van der Waals surface area contributed by atoms with Crippen LogP contribution >= 0.6 is 0 Å². The number of halogens is 3. The molecule has 0 aliphatic rings. The number of hydrogen-bond acceptors (Lipinski definition) is 5. The number of amides is 1. The topological polar surface area (TPSA) is 84.7 Å². The zero-order valence-corrected chi connectivity index (χ0v) is 13.1. The predicted octanol–water partition coefficient (Wildman–Crippen LogP) is 1.41. The second kappa shape index (κ2) is 7.39. The van der Waals surface area contributed by atoms with Crippen LogP contribution in [0.4, 0.5) is 13.2 Å². The highest BCUT2D eigenvalue weighted by atomic mass is 19.4. The maximum atomic E-state index is 12.5. The quantitative estimate of drug-likeness (QED) is 0.829. The van der Waals surface area contributed by atoms with Crippen LogP contribution in [0.5, 0.6) is 0 Å². The van der Waals surface area contributed by atoms with E-state index in [0.29, 0.717) is 12.7 Å². The molecule has 2 rings (SSSR count). The molecule has 24 heavy (non-hydrogen) atoms. The smallest absolute Gasteiger partial charge is 0.349 e. The fourth-order valence-corrected chi connectivity index (χ4v) is 1.93. The van der Waals surface area contributed by atoms with E-state index in [4.69, 9.17) is 0 Å². The molecule has 0 aliphatic carbocycles. The van der Waals surface area contributed by atoms with Gasteiger partial charge in [-0.3, -0.25) is 4.79 Å². The van der Waals surface area contributed by atoms with Crippen molar-refractivity contribution in [1.29, 1.82) is 0 Å². The van der Waals surface area contributed by atoms with Crippen molar-refractivity contribution in [3.8, 4) is 5.82 Å². The lowest BCUT2D eigenvalue weighted by atomic mass is 10.3. The van der Waals surface area contributed by atoms with Gasteiger partial charge in [-0.1, -0.05) is 12.1 Å². The summed E-state index contributed by atoms with van der Waals surface area (Å²) in [5, 5.41) is 13.2. The summed E-state index contributed by atoms with van der Waals surface area (Å²) in [6.07, 6.45) is -2.44. The van der Waals surface area contributed by atoms with Crippen LogP contribution in [-0.2, 0) is 6.18 Å². The van der Waals surface area contributed by atoms with Crippen LogP contribution in [0, 0.1) is 0 Å². The van der Waals surface area contributed by atoms with Crippen molar-refractivity contribution >= 4 is 5.91 Å². The Bertz CT molecular complexity index is 683. The number of hydrogen-bond donors (Lipinski definition) is 2. The molecule has 2 heterocycles. The molecule has 10 heteroatoms. The molecule has 2 aromatic heterocycles. The highest BCUT2D eigenvalue weighted by Gasteiger charge is 2.30. The van der Waals surface area contributed by atoms with E-state index >= 15 is 0 Å². The van der Waals surface area contributed by atoms with Crippen molar-refractivity contribution in [2.75, 3.05) is 13.1 Å². The number of likely N-dealkylation sites (N-methyl/N-ethyl adjacent to an activating group) is 1. The highest BCUT2D eigenvalue weighted by Crippen LogP contribution is 2.28. The number of nitrogens with zero attached hydrogens (tertiary/aromatic N) is 4. The van der Waals surface area contributed by atoms with Crippen molar-refractivity contribution in [3.05, 3.63) is 35.8 Å². The SMILES string of the molecule is CCN[C@H](C)CNC(=O)c1cn(-c2ccc(C(F)(F)F)cn2)nn1. The molecule has 0 bridgehead atoms. The van der Waals surface area contributed by atoms with E-state index in [-0.39, 0.29) is 17.6 Å². The zero-order chi connectivity index (χ0) is 17.7. The summed E-state index contributed by atoms with van der Waals surface area (Å²) in [7, 11) is 0. The van der Waals surface area contributed by atoms with Gasteiger partial charge in [-0.15, -0.1) is 5.10 Å². The van der Waals surface area contributed by atoms with Gasteiger partial charge in [-0.25, -0.2) is 9.67 Å². The Morgan fingerprint density at radius 2 is 2.12 bits per heavy atom. The summed E-state index contributed by atoms with van der Waals surface area (Å²) in [4.78, 5) is 15.6. The Hall–Kier alpha value is -2.49. The molecular formula is C14H17F3N6O. The van der Waals surface area contributed by atoms with Gasteiger partial charge in [0, 0.05) is 18.8 Å². The van der Waals surface area contributed by atoms with Crippen LogP contribution in [0.2, 0.25) is 0 Å². The molecular weight excluding hydrogens is 325 g/mol. The van der Waals surface area contributed by atoms with E-state index in [0.717, 1.165) is 23.4 Å². The molecule has 0 aromatic carbocycles. The van der Waals surface area contributed by atoms with Crippen molar-refractivity contribution in [2.24, 2.45) is 0 Å². The minimum absolute atomic E-state index is 0.0559. The first-order valence-electron chi connectivity index (χ1n) is 7.28. The Labute approximate surface area is 136 Å². The minimum atomic E-state index is -4.46. The van der Waals surface area contributed by atoms with Gasteiger partial charge >= 0.3 is 6.18 Å². The molecule has 1 atom stereocenters. The van der Waals surface area contributed by atoms with E-state index < -0.39 is 17.6 Å². The van der Waals surface area contributed by atoms with Crippen molar-refractivity contribution in [3.63, 3.8) is 0 Å². The van der Waals surface area contributed by atoms with Crippen LogP contribution in [-0.4, -0.2) is 45.0 Å². The van der Waals surface area contributed by atoms with E-state index in [1.807, 2.05) is 13.8 Å². The minimum Gasteiger partial charge on any atom is -0.349 e. The monoisotopic (exact) mass is 342 g/mol. The number of rotatable bonds is 6. The fraction of sp³-hybridized carbons (Fsp3) is 0.429. The number of alkyl halides is 3. The summed E-state index contributed by atoms with van der Waals surface area (Å²) in [5.41, 5.74) is -0.804. The lowest BCUT2D eigenvalue weighted by molar-refractivity contribution is -0.137. The van der Waals surface area contributed by atoms with Crippen LogP contribution in [0.25, 0.3) is 5.82 Å². The van der Waals surface area contributed by atoms with Gasteiger partial charge in [0.2, 0.25) is 0 Å². The molecule has 1 amide bonds. The van der Waals surface area contributed by atoms with E-state index in [2.05, 4.69) is 25.9 Å². The molecule has 2 aromatic rings. The van der Waals surface area contributed by atoms with Crippen molar-refractivity contribution < 1.29 is 18.0 Å². The second-order valence-corrected chi connectivity index (χ2v) is 5.12. The van der Waals surface area contributed by atoms with E-state index in [1.165, 1.54) is 6.20 Å². The lowest BCUT2D eigenvalue weighted by Gasteiger charge is -2.12. The van der Waals surface area contributed by atoms with E-state index in [1.54, 1.807) is 0 Å². The third-order valence-corrected chi connectivity index (χ3v) is 3.16. The number of nitrogens with one attached hydrogen (secondary N) is 2. The van der Waals surface area contributed by atoms with Gasteiger partial charge in [0.15, 0.2) is 11.5 Å². The summed E-state index contributed by atoms with van der Waals surface area (Å²) in [6.45, 7) is 5.08. The number of carbonyl (C=O) groups excluding carboxylic acids is 1. The summed E-state index contributed by atoms with van der Waals surface area (Å²) in [6, 6.07) is 2.15. The standard InChI is InChI=1S/C14H17F3N6O/c1-3-18-9(2)6-20-13(24)11-8-23(22-21-11)12-5-4-10(7-19-12)14(15,16)17/h4-5,7-9,18H,3,6H2,1-2H3,(H,20,24)/t9-/m1/s1. The van der Waals surface area contributed by atoms with Crippen molar-refractivity contribution in [1.82, 2.24) is 30.6 Å². The molecule has 0 saturated heterocycles. The Kier molecular flexibility index (Phi) is 5.50. The first-order chi connectivity index (χ1) is 11.3. The molecule has 0 spiro atoms.